The summed E-state index contributed by atoms with van der Waals surface area (Å²) in [7, 11) is 0. The third-order valence-electron chi connectivity index (χ3n) is 10.2. The molecule has 0 unspecified atom stereocenters. The molecule has 0 saturated carbocycles. The van der Waals surface area contributed by atoms with Crippen LogP contribution in [-0.2, 0) is 20.4 Å². The van der Waals surface area contributed by atoms with E-state index in [1.807, 2.05) is 42.6 Å². The minimum Gasteiger partial charge on any atom is -0.503 e. The van der Waals surface area contributed by atoms with E-state index in [2.05, 4.69) is 153 Å². The Bertz CT molecular complexity index is 3190. The minimum absolute atomic E-state index is 0. The van der Waals surface area contributed by atoms with Crippen LogP contribution in [0.15, 0.2) is 170 Å². The third-order valence-corrected chi connectivity index (χ3v) is 10.2. The smallest absolute Gasteiger partial charge is 0.503 e. The SMILES string of the molecule is [Pd+2].[c-]1c(Oc2[c-]c3c(cc2)c2ccccc2n3-c2ccccn2)ccc2c1c1nc3ccccc3n1c1c(-c3ccccc3)c(-c3ccccc3)ccc21. The quantitative estimate of drug-likeness (QED) is 0.0992. The minimum atomic E-state index is 0. The first-order valence-corrected chi connectivity index (χ1v) is 17.7. The number of rotatable bonds is 5. The van der Waals surface area contributed by atoms with Crippen molar-refractivity contribution < 1.29 is 25.2 Å². The molecule has 6 heteroatoms. The fraction of sp³-hybridized carbons (Fsp3) is 0. The van der Waals surface area contributed by atoms with Crippen molar-refractivity contribution in [3.8, 4) is 39.6 Å². The first kappa shape index (κ1) is 32.1. The molecule has 11 aromatic rings. The van der Waals surface area contributed by atoms with Gasteiger partial charge in [-0.3, -0.25) is 4.98 Å². The summed E-state index contributed by atoms with van der Waals surface area (Å²) in [4.78, 5) is 9.92. The maximum Gasteiger partial charge on any atom is 2.00 e. The first-order chi connectivity index (χ1) is 26.3. The summed E-state index contributed by atoms with van der Waals surface area (Å²) in [6, 6.07) is 63.9. The Labute approximate surface area is 324 Å². The maximum absolute atomic E-state index is 6.60. The molecule has 0 aliphatic rings. The fourth-order valence-electron chi connectivity index (χ4n) is 7.93. The van der Waals surface area contributed by atoms with Crippen LogP contribution in [0.5, 0.6) is 11.5 Å². The number of fused-ring (bicyclic) bond motifs is 11. The van der Waals surface area contributed by atoms with Gasteiger partial charge in [0.2, 0.25) is 0 Å². The topological polar surface area (TPSA) is 44.3 Å². The van der Waals surface area contributed by atoms with E-state index in [1.54, 1.807) is 0 Å². The standard InChI is InChI=1S/C48H28N4O.Pd/c1-3-13-31(14-4-1)35-26-27-39-36-24-22-33(53-34-23-25-38-37-17-7-9-19-42(37)51(44(38)30-34)45-21-11-12-28-49-45)29-40(36)48-50-41-18-8-10-20-43(41)52(48)47(39)46(35)32-15-5-2-6-16-32;/h1-28H;/q-2;+2. The molecule has 54 heavy (non-hydrogen) atoms. The van der Waals surface area contributed by atoms with E-state index in [0.717, 1.165) is 82.7 Å². The fourth-order valence-corrected chi connectivity index (χ4v) is 7.93. The number of ether oxygens (including phenoxy) is 1. The second-order valence-electron chi connectivity index (χ2n) is 13.2. The Morgan fingerprint density at radius 2 is 1.19 bits per heavy atom. The second kappa shape index (κ2) is 12.8. The summed E-state index contributed by atoms with van der Waals surface area (Å²) < 4.78 is 11.1. The average molecular weight is 783 g/mol. The molecule has 0 aliphatic carbocycles. The zero-order valence-corrected chi connectivity index (χ0v) is 30.2. The number of imidazole rings is 1. The summed E-state index contributed by atoms with van der Waals surface area (Å²) in [5.41, 5.74) is 10.5. The Hall–Kier alpha value is -6.58. The van der Waals surface area contributed by atoms with Crippen molar-refractivity contribution in [2.24, 2.45) is 0 Å². The van der Waals surface area contributed by atoms with Gasteiger partial charge in [-0.2, -0.15) is 6.07 Å². The van der Waals surface area contributed by atoms with Crippen LogP contribution in [0.1, 0.15) is 0 Å². The summed E-state index contributed by atoms with van der Waals surface area (Å²) >= 11 is 0. The predicted molar refractivity (Wildman–Crippen MR) is 215 cm³/mol. The Balaban J connectivity index is 0.00000361. The molecular weight excluding hydrogens is 755 g/mol. The number of nitrogens with zero attached hydrogens (tertiary/aromatic N) is 4. The Morgan fingerprint density at radius 1 is 0.519 bits per heavy atom. The number of para-hydroxylation sites is 3. The molecule has 4 heterocycles. The van der Waals surface area contributed by atoms with Crippen molar-refractivity contribution in [3.63, 3.8) is 0 Å². The average Bonchev–Trinajstić information content (AvgIpc) is 3.78. The molecule has 0 N–H and O–H groups in total. The number of benzene rings is 7. The number of hydrogen-bond acceptors (Lipinski definition) is 3. The molecule has 0 aliphatic heterocycles. The van der Waals surface area contributed by atoms with E-state index in [0.29, 0.717) is 11.5 Å². The number of aromatic nitrogens is 4. The summed E-state index contributed by atoms with van der Waals surface area (Å²) in [6.45, 7) is 0. The normalized spacial score (nSPS) is 11.6. The zero-order valence-electron chi connectivity index (χ0n) is 28.7. The monoisotopic (exact) mass is 782 g/mol. The second-order valence-corrected chi connectivity index (χ2v) is 13.2. The van der Waals surface area contributed by atoms with E-state index in [9.17, 15) is 0 Å². The van der Waals surface area contributed by atoms with Gasteiger partial charge < -0.3 is 13.7 Å². The van der Waals surface area contributed by atoms with Gasteiger partial charge in [-0.1, -0.05) is 132 Å². The van der Waals surface area contributed by atoms with Crippen LogP contribution < -0.4 is 4.74 Å². The van der Waals surface area contributed by atoms with E-state index < -0.39 is 0 Å². The molecule has 0 amide bonds. The summed E-state index contributed by atoms with van der Waals surface area (Å²) in [5.74, 6) is 2.01. The van der Waals surface area contributed by atoms with E-state index in [-0.39, 0.29) is 20.4 Å². The van der Waals surface area contributed by atoms with Crippen LogP contribution in [0, 0.1) is 12.1 Å². The van der Waals surface area contributed by atoms with Crippen molar-refractivity contribution in [1.29, 1.82) is 0 Å². The molecular formula is C48H28N4OPd. The van der Waals surface area contributed by atoms with Crippen LogP contribution in [-0.4, -0.2) is 18.9 Å². The molecule has 0 fully saturated rings. The third kappa shape index (κ3) is 4.96. The van der Waals surface area contributed by atoms with Crippen LogP contribution in [0.2, 0.25) is 0 Å². The van der Waals surface area contributed by atoms with Gasteiger partial charge in [0.1, 0.15) is 5.82 Å². The Kier molecular flexibility index (Phi) is 7.62. The van der Waals surface area contributed by atoms with Gasteiger partial charge in [0.15, 0.2) is 0 Å². The molecule has 0 atom stereocenters. The van der Waals surface area contributed by atoms with Gasteiger partial charge in [-0.15, -0.1) is 29.7 Å². The molecule has 5 nitrogen and oxygen atoms in total. The molecule has 0 spiro atoms. The molecule has 4 aromatic heterocycles. The predicted octanol–water partition coefficient (Wildman–Crippen LogP) is 12.0. The van der Waals surface area contributed by atoms with Crippen molar-refractivity contribution in [1.82, 2.24) is 18.9 Å². The van der Waals surface area contributed by atoms with Gasteiger partial charge in [-0.05, 0) is 57.8 Å². The summed E-state index contributed by atoms with van der Waals surface area (Å²) in [6.07, 6.45) is 1.81. The molecule has 11 rings (SSSR count). The number of hydrogen-bond donors (Lipinski definition) is 0. The number of pyridine rings is 2. The molecule has 7 aromatic carbocycles. The van der Waals surface area contributed by atoms with Crippen LogP contribution in [0.3, 0.4) is 0 Å². The van der Waals surface area contributed by atoms with Gasteiger partial charge in [0.05, 0.1) is 16.7 Å². The molecule has 0 radical (unpaired) electrons. The van der Waals surface area contributed by atoms with Crippen molar-refractivity contribution in [3.05, 3.63) is 182 Å². The van der Waals surface area contributed by atoms with E-state index >= 15 is 0 Å². The maximum atomic E-state index is 6.60. The molecule has 0 bridgehead atoms. The van der Waals surface area contributed by atoms with Gasteiger partial charge >= 0.3 is 20.4 Å². The van der Waals surface area contributed by atoms with E-state index in [4.69, 9.17) is 9.72 Å². The summed E-state index contributed by atoms with van der Waals surface area (Å²) in [5, 5.41) is 5.29. The van der Waals surface area contributed by atoms with Crippen LogP contribution >= 0.6 is 0 Å². The van der Waals surface area contributed by atoms with Gasteiger partial charge in [0.25, 0.3) is 0 Å². The first-order valence-electron chi connectivity index (χ1n) is 17.7. The van der Waals surface area contributed by atoms with E-state index in [1.165, 1.54) is 5.56 Å². The molecule has 0 saturated heterocycles. The van der Waals surface area contributed by atoms with Crippen molar-refractivity contribution >= 4 is 60.2 Å². The van der Waals surface area contributed by atoms with Crippen molar-refractivity contribution in [2.45, 2.75) is 0 Å². The van der Waals surface area contributed by atoms with Gasteiger partial charge in [-0.25, -0.2) is 4.98 Å². The Morgan fingerprint density at radius 3 is 1.98 bits per heavy atom. The largest absolute Gasteiger partial charge is 2.00 e. The van der Waals surface area contributed by atoms with Crippen molar-refractivity contribution in [2.75, 3.05) is 0 Å². The van der Waals surface area contributed by atoms with Crippen LogP contribution in [0.4, 0.5) is 0 Å². The van der Waals surface area contributed by atoms with Gasteiger partial charge in [0, 0.05) is 34.3 Å². The molecule has 256 valence electrons. The van der Waals surface area contributed by atoms with Crippen LogP contribution in [0.25, 0.3) is 88.2 Å². The zero-order chi connectivity index (χ0) is 34.9.